The first-order valence-electron chi connectivity index (χ1n) is 9.83. The Balaban J connectivity index is 1.70. The molecule has 0 radical (unpaired) electrons. The van der Waals surface area contributed by atoms with Gasteiger partial charge >= 0.3 is 0 Å². The fraction of sp³-hybridized carbons (Fsp3) is 0.292. The third kappa shape index (κ3) is 4.35. The van der Waals surface area contributed by atoms with Crippen LogP contribution in [0.2, 0.25) is 0 Å². The molecule has 0 aliphatic carbocycles. The second-order valence-corrected chi connectivity index (χ2v) is 8.41. The largest absolute Gasteiger partial charge is 0.497 e. The standard InChI is InChI=1S/C24H26N2O2S/c1-17-7-6-8-18(25-17)16-26-14-13-23(20-9-4-5-10-22(20)28-3)29-24-15-19(27-2)11-12-21(24)26/h4-12,15,23H,13-14,16H2,1-3H3/t23-/m0/s1. The number of anilines is 1. The Morgan fingerprint density at radius 2 is 1.90 bits per heavy atom. The van der Waals surface area contributed by atoms with E-state index in [1.807, 2.05) is 43.0 Å². The van der Waals surface area contributed by atoms with Crippen molar-refractivity contribution in [1.82, 2.24) is 4.98 Å². The molecule has 0 N–H and O–H groups in total. The van der Waals surface area contributed by atoms with Gasteiger partial charge in [-0.15, -0.1) is 11.8 Å². The first kappa shape index (κ1) is 19.6. The number of benzene rings is 2. The van der Waals surface area contributed by atoms with Gasteiger partial charge in [0.2, 0.25) is 0 Å². The summed E-state index contributed by atoms with van der Waals surface area (Å²) in [5, 5.41) is 0.312. The van der Waals surface area contributed by atoms with Crippen LogP contribution < -0.4 is 14.4 Å². The fourth-order valence-electron chi connectivity index (χ4n) is 3.78. The highest BCUT2D eigenvalue weighted by Gasteiger charge is 2.26. The molecule has 0 saturated carbocycles. The first-order valence-corrected chi connectivity index (χ1v) is 10.7. The molecular formula is C24H26N2O2S. The Labute approximate surface area is 176 Å². The molecule has 1 atom stereocenters. The topological polar surface area (TPSA) is 34.6 Å². The molecule has 0 saturated heterocycles. The van der Waals surface area contributed by atoms with E-state index in [2.05, 4.69) is 41.3 Å². The minimum absolute atomic E-state index is 0.312. The molecule has 5 heteroatoms. The number of pyridine rings is 1. The lowest BCUT2D eigenvalue weighted by atomic mass is 10.1. The lowest BCUT2D eigenvalue weighted by Crippen LogP contribution is -2.24. The van der Waals surface area contributed by atoms with Crippen molar-refractivity contribution in [1.29, 1.82) is 0 Å². The van der Waals surface area contributed by atoms with Crippen LogP contribution in [0, 0.1) is 6.92 Å². The zero-order valence-electron chi connectivity index (χ0n) is 17.1. The van der Waals surface area contributed by atoms with Gasteiger partial charge in [-0.3, -0.25) is 4.98 Å². The minimum atomic E-state index is 0.312. The molecule has 29 heavy (non-hydrogen) atoms. The predicted octanol–water partition coefficient (Wildman–Crippen LogP) is 5.65. The maximum atomic E-state index is 5.65. The fourth-order valence-corrected chi connectivity index (χ4v) is 5.14. The highest BCUT2D eigenvalue weighted by atomic mass is 32.2. The molecule has 3 aromatic rings. The van der Waals surface area contributed by atoms with Crippen molar-refractivity contribution in [3.05, 3.63) is 77.6 Å². The number of hydrogen-bond donors (Lipinski definition) is 0. The van der Waals surface area contributed by atoms with Crippen LogP contribution in [0.4, 0.5) is 5.69 Å². The smallest absolute Gasteiger partial charge is 0.123 e. The summed E-state index contributed by atoms with van der Waals surface area (Å²) in [7, 11) is 3.46. The summed E-state index contributed by atoms with van der Waals surface area (Å²) in [5.41, 5.74) is 4.61. The van der Waals surface area contributed by atoms with Crippen LogP contribution >= 0.6 is 11.8 Å². The monoisotopic (exact) mass is 406 g/mol. The van der Waals surface area contributed by atoms with Gasteiger partial charge < -0.3 is 14.4 Å². The molecule has 150 valence electrons. The van der Waals surface area contributed by atoms with Gasteiger partial charge in [0, 0.05) is 27.9 Å². The number of hydrogen-bond acceptors (Lipinski definition) is 5. The van der Waals surface area contributed by atoms with Gasteiger partial charge in [0.15, 0.2) is 0 Å². The van der Waals surface area contributed by atoms with E-state index in [1.165, 1.54) is 16.1 Å². The number of methoxy groups -OCH3 is 2. The molecule has 2 heterocycles. The number of rotatable bonds is 5. The van der Waals surface area contributed by atoms with Crippen molar-refractivity contribution in [2.45, 2.75) is 30.0 Å². The number of ether oxygens (including phenoxy) is 2. The molecule has 0 amide bonds. The van der Waals surface area contributed by atoms with Gasteiger partial charge in [0.25, 0.3) is 0 Å². The Morgan fingerprint density at radius 1 is 1.03 bits per heavy atom. The average Bonchev–Trinajstić information content (AvgIpc) is 2.92. The third-order valence-corrected chi connectivity index (χ3v) is 6.58. The molecule has 0 spiro atoms. The van der Waals surface area contributed by atoms with E-state index in [-0.39, 0.29) is 0 Å². The zero-order chi connectivity index (χ0) is 20.2. The van der Waals surface area contributed by atoms with Crippen LogP contribution in [0.5, 0.6) is 11.5 Å². The number of aryl methyl sites for hydroxylation is 1. The summed E-state index contributed by atoms with van der Waals surface area (Å²) in [5.74, 6) is 1.83. The number of aromatic nitrogens is 1. The van der Waals surface area contributed by atoms with E-state index in [4.69, 9.17) is 14.5 Å². The van der Waals surface area contributed by atoms with E-state index in [9.17, 15) is 0 Å². The molecule has 0 fully saturated rings. The van der Waals surface area contributed by atoms with Crippen LogP contribution in [0.15, 0.2) is 65.6 Å². The van der Waals surface area contributed by atoms with E-state index >= 15 is 0 Å². The summed E-state index contributed by atoms with van der Waals surface area (Å²) in [4.78, 5) is 8.37. The maximum absolute atomic E-state index is 5.65. The number of fused-ring (bicyclic) bond motifs is 1. The second kappa shape index (κ2) is 8.78. The summed E-state index contributed by atoms with van der Waals surface area (Å²) in [6.45, 7) is 3.78. The number of thioether (sulfide) groups is 1. The van der Waals surface area contributed by atoms with Gasteiger partial charge in [0.05, 0.1) is 32.1 Å². The lowest BCUT2D eigenvalue weighted by Gasteiger charge is -2.24. The molecule has 0 bridgehead atoms. The van der Waals surface area contributed by atoms with E-state index < -0.39 is 0 Å². The quantitative estimate of drug-likeness (QED) is 0.547. The molecule has 4 nitrogen and oxygen atoms in total. The van der Waals surface area contributed by atoms with Gasteiger partial charge in [-0.1, -0.05) is 24.3 Å². The van der Waals surface area contributed by atoms with Crippen molar-refractivity contribution in [3.8, 4) is 11.5 Å². The molecule has 0 unspecified atom stereocenters. The summed E-state index contributed by atoms with van der Waals surface area (Å²) in [6, 6.07) is 20.9. The van der Waals surface area contributed by atoms with Crippen LogP contribution in [-0.2, 0) is 6.54 Å². The zero-order valence-corrected chi connectivity index (χ0v) is 17.9. The van der Waals surface area contributed by atoms with Gasteiger partial charge in [-0.25, -0.2) is 0 Å². The van der Waals surface area contributed by atoms with Crippen molar-refractivity contribution < 1.29 is 9.47 Å². The van der Waals surface area contributed by atoms with Crippen LogP contribution in [0.1, 0.15) is 28.6 Å². The molecule has 1 aromatic heterocycles. The maximum Gasteiger partial charge on any atom is 0.123 e. The summed E-state index contributed by atoms with van der Waals surface area (Å²) >= 11 is 1.89. The van der Waals surface area contributed by atoms with Gasteiger partial charge in [-0.05, 0) is 49.7 Å². The molecule has 1 aliphatic rings. The Bertz CT molecular complexity index is 992. The van der Waals surface area contributed by atoms with Crippen molar-refractivity contribution in [3.63, 3.8) is 0 Å². The number of nitrogens with zero attached hydrogens (tertiary/aromatic N) is 2. The first-order chi connectivity index (χ1) is 14.2. The number of para-hydroxylation sites is 1. The van der Waals surface area contributed by atoms with Gasteiger partial charge in [0.1, 0.15) is 11.5 Å². The Kier molecular flexibility index (Phi) is 5.95. The highest BCUT2D eigenvalue weighted by Crippen LogP contribution is 2.48. The van der Waals surface area contributed by atoms with Crippen LogP contribution in [-0.4, -0.2) is 25.7 Å². The third-order valence-electron chi connectivity index (χ3n) is 5.22. The predicted molar refractivity (Wildman–Crippen MR) is 119 cm³/mol. The summed E-state index contributed by atoms with van der Waals surface area (Å²) < 4.78 is 11.2. The van der Waals surface area contributed by atoms with Crippen LogP contribution in [0.25, 0.3) is 0 Å². The van der Waals surface area contributed by atoms with E-state index in [0.717, 1.165) is 42.4 Å². The Hall–Kier alpha value is -2.66. The van der Waals surface area contributed by atoms with Crippen molar-refractivity contribution >= 4 is 17.4 Å². The molecule has 2 aromatic carbocycles. The van der Waals surface area contributed by atoms with E-state index in [1.54, 1.807) is 14.2 Å². The Morgan fingerprint density at radius 3 is 2.69 bits per heavy atom. The summed E-state index contributed by atoms with van der Waals surface area (Å²) in [6.07, 6.45) is 1.02. The normalized spacial score (nSPS) is 16.1. The SMILES string of the molecule is COc1ccc2c(c1)S[C@H](c1ccccc1OC)CCN2Cc1cccc(C)n1. The molecule has 4 rings (SSSR count). The van der Waals surface area contributed by atoms with Crippen LogP contribution in [0.3, 0.4) is 0 Å². The van der Waals surface area contributed by atoms with E-state index in [0.29, 0.717) is 5.25 Å². The minimum Gasteiger partial charge on any atom is -0.497 e. The average molecular weight is 407 g/mol. The lowest BCUT2D eigenvalue weighted by molar-refractivity contribution is 0.409. The highest BCUT2D eigenvalue weighted by molar-refractivity contribution is 7.99. The van der Waals surface area contributed by atoms with Gasteiger partial charge in [-0.2, -0.15) is 0 Å². The van der Waals surface area contributed by atoms with Crippen molar-refractivity contribution in [2.24, 2.45) is 0 Å². The second-order valence-electron chi connectivity index (χ2n) is 7.16. The molecule has 1 aliphatic heterocycles. The van der Waals surface area contributed by atoms with Crippen molar-refractivity contribution in [2.75, 3.05) is 25.7 Å². The molecular weight excluding hydrogens is 380 g/mol.